The molecule has 0 aromatic heterocycles. The van der Waals surface area contributed by atoms with Crippen molar-refractivity contribution in [2.24, 2.45) is 0 Å². The predicted octanol–water partition coefficient (Wildman–Crippen LogP) is 19.9. The summed E-state index contributed by atoms with van der Waals surface area (Å²) in [6.07, 6.45) is 84.7. The fraction of sp³-hybridized carbons (Fsp3) is 0.631. The maximum atomic E-state index is 12.9. The molecule has 0 saturated carbocycles. The normalized spacial score (nSPS) is 13.2. The van der Waals surface area contributed by atoms with Crippen LogP contribution >= 0.6 is 0 Å². The molecule has 1 atom stereocenters. The highest BCUT2D eigenvalue weighted by Gasteiger charge is 2.17. The van der Waals surface area contributed by atoms with E-state index in [0.29, 0.717) is 19.4 Å². The Balaban J connectivity index is 4.42. The van der Waals surface area contributed by atoms with Crippen molar-refractivity contribution in [2.75, 3.05) is 19.8 Å². The molecule has 0 aliphatic rings. The fourth-order valence-electron chi connectivity index (χ4n) is 7.44. The lowest BCUT2D eigenvalue weighted by atomic mass is 10.1. The predicted molar refractivity (Wildman–Crippen MR) is 306 cm³/mol. The van der Waals surface area contributed by atoms with E-state index in [-0.39, 0.29) is 25.2 Å². The number of hydrogen-bond acceptors (Lipinski definition) is 5. The highest BCUT2D eigenvalue weighted by atomic mass is 16.6. The first kappa shape index (κ1) is 66.0. The summed E-state index contributed by atoms with van der Waals surface area (Å²) in [4.78, 5) is 25.5. The Bertz CT molecular complexity index is 1470. The molecule has 0 aromatic carbocycles. The number of esters is 2. The third kappa shape index (κ3) is 56.6. The van der Waals surface area contributed by atoms with E-state index < -0.39 is 6.10 Å². The summed E-state index contributed by atoms with van der Waals surface area (Å²) >= 11 is 0. The van der Waals surface area contributed by atoms with Gasteiger partial charge in [-0.25, -0.2) is 0 Å². The van der Waals surface area contributed by atoms with Gasteiger partial charge in [0.2, 0.25) is 0 Å². The van der Waals surface area contributed by atoms with Crippen molar-refractivity contribution >= 4 is 11.9 Å². The van der Waals surface area contributed by atoms with Crippen LogP contribution in [0.2, 0.25) is 0 Å². The molecule has 396 valence electrons. The molecule has 0 aromatic rings. The molecular formula is C65H106O5. The molecule has 0 rings (SSSR count). The van der Waals surface area contributed by atoms with Gasteiger partial charge >= 0.3 is 11.9 Å². The fourth-order valence-corrected chi connectivity index (χ4v) is 7.44. The van der Waals surface area contributed by atoms with Crippen LogP contribution in [0.4, 0.5) is 0 Å². The largest absolute Gasteiger partial charge is 0.462 e. The standard InChI is InChI=1S/C65H106O5/c1-4-7-10-13-16-19-22-25-28-31-33-35-37-40-43-46-49-52-55-58-64(66)69-62-63(61-68-60-57-54-51-48-45-42-39-30-27-24-21-18-15-12-9-6-3)70-65(67)59-56-53-50-47-44-41-38-36-34-32-29-26-23-20-17-14-11-8-5-2/h7,9-10,12,16-21,25-30,33,35,40,42-43,45,63H,4-6,8,11,13-15,22-24,31-32,34,36-39,41,44,46-62H2,1-3H3/b10-7-,12-9-,19-16-,20-17-,21-18-,28-25-,29-26-,30-27-,35-33-,43-40-,45-42-. The molecule has 0 spiro atoms. The number of rotatable bonds is 51. The first-order valence-electron chi connectivity index (χ1n) is 28.7. The lowest BCUT2D eigenvalue weighted by molar-refractivity contribution is -0.163. The molecule has 5 heteroatoms. The summed E-state index contributed by atoms with van der Waals surface area (Å²) in [5.41, 5.74) is 0. The van der Waals surface area contributed by atoms with Gasteiger partial charge in [0.1, 0.15) is 6.61 Å². The zero-order chi connectivity index (χ0) is 50.6. The van der Waals surface area contributed by atoms with Gasteiger partial charge in [-0.1, -0.05) is 225 Å². The van der Waals surface area contributed by atoms with E-state index in [2.05, 4.69) is 154 Å². The Morgan fingerprint density at radius 1 is 0.329 bits per heavy atom. The van der Waals surface area contributed by atoms with E-state index in [9.17, 15) is 9.59 Å². The molecule has 0 bridgehead atoms. The van der Waals surface area contributed by atoms with E-state index in [1.807, 2.05) is 0 Å². The molecule has 1 unspecified atom stereocenters. The van der Waals surface area contributed by atoms with Gasteiger partial charge in [-0.3, -0.25) is 9.59 Å². The summed E-state index contributed by atoms with van der Waals surface area (Å²) in [5.74, 6) is -0.463. The maximum Gasteiger partial charge on any atom is 0.306 e. The van der Waals surface area contributed by atoms with Crippen LogP contribution in [0.3, 0.4) is 0 Å². The average Bonchev–Trinajstić information content (AvgIpc) is 3.36. The first-order valence-corrected chi connectivity index (χ1v) is 28.7. The third-order valence-electron chi connectivity index (χ3n) is 11.7. The maximum absolute atomic E-state index is 12.9. The monoisotopic (exact) mass is 967 g/mol. The first-order chi connectivity index (χ1) is 34.6. The molecular weight excluding hydrogens is 861 g/mol. The third-order valence-corrected chi connectivity index (χ3v) is 11.7. The minimum absolute atomic E-state index is 0.0449. The number of unbranched alkanes of at least 4 members (excludes halogenated alkanes) is 18. The van der Waals surface area contributed by atoms with Gasteiger partial charge in [0, 0.05) is 19.4 Å². The minimum Gasteiger partial charge on any atom is -0.462 e. The smallest absolute Gasteiger partial charge is 0.306 e. The number of allylic oxidation sites excluding steroid dienone is 22. The quantitative estimate of drug-likeness (QED) is 0.0345. The van der Waals surface area contributed by atoms with Gasteiger partial charge in [-0.05, 0) is 135 Å². The Kier molecular flexibility index (Phi) is 56.0. The topological polar surface area (TPSA) is 61.8 Å². The van der Waals surface area contributed by atoms with E-state index in [1.165, 1.54) is 70.6 Å². The number of hydrogen-bond donors (Lipinski definition) is 0. The van der Waals surface area contributed by atoms with Crippen LogP contribution in [0.1, 0.15) is 239 Å². The van der Waals surface area contributed by atoms with Crippen LogP contribution in [0.5, 0.6) is 0 Å². The van der Waals surface area contributed by atoms with E-state index in [1.54, 1.807) is 0 Å². The van der Waals surface area contributed by atoms with Crippen molar-refractivity contribution in [1.29, 1.82) is 0 Å². The second kappa shape index (κ2) is 59.3. The van der Waals surface area contributed by atoms with Crippen LogP contribution in [0.15, 0.2) is 134 Å². The van der Waals surface area contributed by atoms with Crippen LogP contribution in [0.25, 0.3) is 0 Å². The molecule has 0 aliphatic heterocycles. The minimum atomic E-state index is -0.580. The van der Waals surface area contributed by atoms with Crippen LogP contribution in [-0.2, 0) is 23.8 Å². The second-order valence-corrected chi connectivity index (χ2v) is 18.4. The van der Waals surface area contributed by atoms with E-state index in [0.717, 1.165) is 135 Å². The van der Waals surface area contributed by atoms with Gasteiger partial charge in [0.15, 0.2) is 6.10 Å². The summed E-state index contributed by atoms with van der Waals surface area (Å²) in [6, 6.07) is 0. The van der Waals surface area contributed by atoms with Crippen LogP contribution in [0, 0.1) is 0 Å². The van der Waals surface area contributed by atoms with Crippen molar-refractivity contribution in [3.05, 3.63) is 134 Å². The lowest BCUT2D eigenvalue weighted by Crippen LogP contribution is -2.30. The van der Waals surface area contributed by atoms with Gasteiger partial charge < -0.3 is 14.2 Å². The van der Waals surface area contributed by atoms with Crippen LogP contribution < -0.4 is 0 Å². The summed E-state index contributed by atoms with van der Waals surface area (Å²) in [5, 5.41) is 0. The van der Waals surface area contributed by atoms with Gasteiger partial charge in [-0.2, -0.15) is 0 Å². The second-order valence-electron chi connectivity index (χ2n) is 18.4. The van der Waals surface area contributed by atoms with Crippen LogP contribution in [-0.4, -0.2) is 37.9 Å². The molecule has 0 fully saturated rings. The summed E-state index contributed by atoms with van der Waals surface area (Å²) < 4.78 is 17.4. The Labute approximate surface area is 432 Å². The zero-order valence-corrected chi connectivity index (χ0v) is 45.5. The van der Waals surface area contributed by atoms with Crippen molar-refractivity contribution < 1.29 is 23.8 Å². The van der Waals surface area contributed by atoms with Crippen molar-refractivity contribution in [2.45, 2.75) is 245 Å². The van der Waals surface area contributed by atoms with E-state index in [4.69, 9.17) is 14.2 Å². The SMILES string of the molecule is CC/C=C\C/C=C\C/C=C\C/C=C\C/C=C\CCCCCC(=O)OCC(COCCCCC/C=C\C/C=C\C/C=C\C/C=C\CC)OC(=O)CCCCCCCCCCC/C=C\C/C=C\CCCCC. The number of carbonyl (C=O) groups excluding carboxylic acids is 2. The number of carbonyl (C=O) groups is 2. The average molecular weight is 968 g/mol. The highest BCUT2D eigenvalue weighted by molar-refractivity contribution is 5.70. The highest BCUT2D eigenvalue weighted by Crippen LogP contribution is 2.14. The van der Waals surface area contributed by atoms with Gasteiger partial charge in [0.05, 0.1) is 6.61 Å². The van der Waals surface area contributed by atoms with Crippen molar-refractivity contribution in [1.82, 2.24) is 0 Å². The van der Waals surface area contributed by atoms with Gasteiger partial charge in [0.25, 0.3) is 0 Å². The molecule has 0 radical (unpaired) electrons. The molecule has 70 heavy (non-hydrogen) atoms. The van der Waals surface area contributed by atoms with Crippen molar-refractivity contribution in [3.63, 3.8) is 0 Å². The summed E-state index contributed by atoms with van der Waals surface area (Å²) in [7, 11) is 0. The Morgan fingerprint density at radius 3 is 1.04 bits per heavy atom. The molecule has 0 amide bonds. The number of ether oxygens (including phenoxy) is 3. The molecule has 0 aliphatic carbocycles. The summed E-state index contributed by atoms with van der Waals surface area (Å²) in [6.45, 7) is 7.46. The Morgan fingerprint density at radius 2 is 0.643 bits per heavy atom. The zero-order valence-electron chi connectivity index (χ0n) is 45.5. The molecule has 0 N–H and O–H groups in total. The molecule has 0 saturated heterocycles. The molecule has 5 nitrogen and oxygen atoms in total. The van der Waals surface area contributed by atoms with Gasteiger partial charge in [-0.15, -0.1) is 0 Å². The van der Waals surface area contributed by atoms with Crippen molar-refractivity contribution in [3.8, 4) is 0 Å². The van der Waals surface area contributed by atoms with E-state index >= 15 is 0 Å². The molecule has 0 heterocycles. The Hall–Kier alpha value is -3.96. The lowest BCUT2D eigenvalue weighted by Gasteiger charge is -2.18.